The number of aryl methyl sites for hydroxylation is 6. The maximum atomic E-state index is 11.5. The average molecular weight is 2640 g/mol. The van der Waals surface area contributed by atoms with Crippen LogP contribution in [0, 0.1) is 118 Å². The van der Waals surface area contributed by atoms with Gasteiger partial charge in [0, 0.05) is 152 Å². The standard InChI is InChI=1S/C28H28N.C21H22N.C21H20N.C17H12N.C12H10N.C11H8N.2C11H20O2.4Ir/c1-18(2)12-24-17-28(25-14-20(4)13-21(5)15-25)29-27-11-10-23(16-26(24)27)22-8-6-19(3)7-9-22;1-14(2)9-17-13-21(18-11-15(3)10-16(4)12-18)22-20-8-6-5-7-19(17)20;1-16(2)14-17-8-10-18(11-9-17)20-12-13-22-21(15-20)19-6-4-3-5-7-19;1-3-7-14(8-4-1)16-11-12-17(18-13-16)15-9-5-2-6-10-15;1-10-7-8-12(13-9-10)11-5-3-2-4-6-11;1-2-6-10(7-3-1)11-8-4-5-9-12-11;1-10(2,3)8(12)7-9(13)11(4,5)6;1-8(2)5-10(12)7-11(13)6-9(3)4;;;;/h6-11,13-14,16-18H,12H2,1-5H3;5-8,10-11,13-14H,9H2,1-4H3;3-6,8-13,15-16H,14H2,1-2H3;1-9,11-13H;2-5,7-9H,1H3;1-6,8-9H;7,12H,1-6H3;7-9,12H,5-6H2,1-4H3;;;;/q6*-1;;;;;;/b;;;;;;;10-7-;;;;. The molecule has 0 atom stereocenters. The van der Waals surface area contributed by atoms with Crippen molar-refractivity contribution in [3.05, 3.63) is 444 Å². The van der Waals surface area contributed by atoms with Gasteiger partial charge in [-0.25, -0.2) is 0 Å². The Bertz CT molecular complexity index is 6730. The molecule has 0 spiro atoms. The van der Waals surface area contributed by atoms with Crippen LogP contribution in [0.15, 0.2) is 358 Å². The summed E-state index contributed by atoms with van der Waals surface area (Å²) in [6, 6.07) is 126. The SMILES string of the molecule is CC(C)(C)C(=O)C=C(O)C(C)(C)C.CC(C)CC(=O)/C=C(\O)CC(C)C.CC(C)Cc1ccc(-c2ccnc(-c3[c-]cccc3)c2)cc1.Cc1[c-]c(-c2cc(CC(C)C)c3cc(-c4ccc(C)cc4)ccc3n2)cc(C)c1.Cc1[c-]c(-c2cc(CC(C)C)c3ccccc3n2)cc(C)c1.Cc1ccc(-c2[c-]cccc2)nc1.[Ir].[Ir].[Ir].[Ir].[c-]1ccccc1-c1ccc(-c2ccccc2)cn1.[c-]1ccccc1-c1ccccn1. The zero-order valence-corrected chi connectivity index (χ0v) is 98.1. The Labute approximate surface area is 925 Å². The van der Waals surface area contributed by atoms with Gasteiger partial charge in [-0.1, -0.05) is 302 Å². The molecule has 0 bridgehead atoms. The van der Waals surface area contributed by atoms with Crippen molar-refractivity contribution in [2.45, 2.75) is 184 Å². The largest absolute Gasteiger partial charge is 0.512 e. The quantitative estimate of drug-likeness (QED) is 0.0404. The van der Waals surface area contributed by atoms with Crippen LogP contribution in [0.4, 0.5) is 0 Å². The minimum absolute atomic E-state index is 0. The second-order valence-electron chi connectivity index (χ2n) is 40.4. The van der Waals surface area contributed by atoms with Crippen LogP contribution in [-0.2, 0) is 109 Å². The molecule has 0 unspecified atom stereocenters. The third-order valence-corrected chi connectivity index (χ3v) is 22.6. The fourth-order valence-corrected chi connectivity index (χ4v) is 15.5. The third-order valence-electron chi connectivity index (χ3n) is 22.6. The molecule has 0 aliphatic carbocycles. The van der Waals surface area contributed by atoms with Crippen LogP contribution in [0.3, 0.4) is 0 Å². The molecule has 14 heteroatoms. The van der Waals surface area contributed by atoms with E-state index in [9.17, 15) is 19.8 Å². The summed E-state index contributed by atoms with van der Waals surface area (Å²) in [5.74, 6) is 2.98. The van der Waals surface area contributed by atoms with Gasteiger partial charge in [-0.05, 0) is 183 Å². The summed E-state index contributed by atoms with van der Waals surface area (Å²) in [7, 11) is 0. The Morgan fingerprint density at radius 3 is 1.18 bits per heavy atom. The number of aromatic nitrogens is 6. The van der Waals surface area contributed by atoms with Crippen molar-refractivity contribution in [2.24, 2.45) is 40.4 Å². The predicted octanol–water partition coefficient (Wildman–Crippen LogP) is 34.2. The first-order valence-electron chi connectivity index (χ1n) is 49.4. The number of benzene rings is 11. The second kappa shape index (κ2) is 61.5. The van der Waals surface area contributed by atoms with Gasteiger partial charge < -0.3 is 30.1 Å². The monoisotopic (exact) mass is 2640 g/mol. The molecule has 0 saturated carbocycles. The van der Waals surface area contributed by atoms with E-state index in [1.54, 1.807) is 6.20 Å². The fourth-order valence-electron chi connectivity index (χ4n) is 15.5. The van der Waals surface area contributed by atoms with Crippen LogP contribution < -0.4 is 0 Å². The van der Waals surface area contributed by atoms with E-state index in [1.807, 2.05) is 240 Å². The van der Waals surface area contributed by atoms with E-state index in [0.717, 1.165) is 115 Å². The number of allylic oxidation sites excluding steroid dienone is 4. The molecule has 0 amide bonds. The first-order chi connectivity index (χ1) is 67.9. The molecule has 0 aliphatic rings. The molecule has 764 valence electrons. The Kier molecular flexibility index (Phi) is 51.6. The number of rotatable bonds is 21. The molecule has 4 radical (unpaired) electrons. The van der Waals surface area contributed by atoms with Gasteiger partial charge in [0.05, 0.1) is 16.8 Å². The van der Waals surface area contributed by atoms with Crippen LogP contribution in [-0.4, -0.2) is 51.7 Å². The number of hydrogen-bond acceptors (Lipinski definition) is 10. The first kappa shape index (κ1) is 123. The summed E-state index contributed by atoms with van der Waals surface area (Å²) < 4.78 is 0. The number of pyridine rings is 6. The Hall–Kier alpha value is -12.1. The van der Waals surface area contributed by atoms with Crippen molar-refractivity contribution < 1.29 is 100 Å². The van der Waals surface area contributed by atoms with Crippen molar-refractivity contribution in [2.75, 3.05) is 0 Å². The molecule has 17 rings (SSSR count). The average Bonchev–Trinajstić information content (AvgIpc) is 0.840. The van der Waals surface area contributed by atoms with Gasteiger partial charge in [-0.3, -0.25) is 19.6 Å². The maximum absolute atomic E-state index is 11.5. The summed E-state index contributed by atoms with van der Waals surface area (Å²) >= 11 is 0. The van der Waals surface area contributed by atoms with E-state index in [0.29, 0.717) is 42.4 Å². The Morgan fingerprint density at radius 2 is 0.733 bits per heavy atom. The minimum atomic E-state index is -0.417. The summed E-state index contributed by atoms with van der Waals surface area (Å²) in [5, 5.41) is 21.4. The second-order valence-corrected chi connectivity index (χ2v) is 40.4. The molecule has 6 aromatic heterocycles. The molecule has 6 heterocycles. The Balaban J connectivity index is 0.000000259. The number of carbonyl (C=O) groups is 2. The molecule has 10 nitrogen and oxygen atoms in total. The van der Waals surface area contributed by atoms with Gasteiger partial charge in [-0.2, -0.15) is 0 Å². The molecule has 17 aromatic rings. The van der Waals surface area contributed by atoms with Crippen molar-refractivity contribution in [1.82, 2.24) is 29.9 Å². The zero-order valence-electron chi connectivity index (χ0n) is 88.6. The van der Waals surface area contributed by atoms with E-state index >= 15 is 0 Å². The molecular weight excluding hydrogens is 2500 g/mol. The van der Waals surface area contributed by atoms with E-state index in [4.69, 9.17) is 9.97 Å². The fraction of sp³-hybridized carbons (Fsp3) is 0.258. The number of hydrogen-bond donors (Lipinski definition) is 2. The van der Waals surface area contributed by atoms with Crippen molar-refractivity contribution >= 4 is 33.4 Å². The number of para-hydroxylation sites is 1. The molecule has 0 fully saturated rings. The van der Waals surface area contributed by atoms with Gasteiger partial charge in [0.15, 0.2) is 11.6 Å². The van der Waals surface area contributed by atoms with Crippen molar-refractivity contribution in [3.63, 3.8) is 0 Å². The molecular formula is C132H140Ir4N6O4-6. The molecule has 0 saturated heterocycles. The van der Waals surface area contributed by atoms with Crippen LogP contribution in [0.5, 0.6) is 0 Å². The summed E-state index contributed by atoms with van der Waals surface area (Å²) in [4.78, 5) is 50.1. The van der Waals surface area contributed by atoms with Crippen LogP contribution in [0.25, 0.3) is 123 Å². The number of ketones is 2. The van der Waals surface area contributed by atoms with Crippen molar-refractivity contribution in [3.8, 4) is 101 Å². The van der Waals surface area contributed by atoms with E-state index in [2.05, 4.69) is 296 Å². The number of nitrogens with zero attached hydrogens (tertiary/aromatic N) is 6. The number of aliphatic hydroxyl groups excluding tert-OH is 2. The van der Waals surface area contributed by atoms with Gasteiger partial charge in [-0.15, -0.1) is 213 Å². The summed E-state index contributed by atoms with van der Waals surface area (Å²) in [6.45, 7) is 45.3. The molecule has 0 aliphatic heterocycles. The third kappa shape index (κ3) is 41.3. The van der Waals surface area contributed by atoms with E-state index in [1.165, 1.54) is 89.7 Å². The van der Waals surface area contributed by atoms with E-state index < -0.39 is 5.41 Å². The number of aliphatic hydroxyl groups is 2. The topological polar surface area (TPSA) is 152 Å². The molecule has 146 heavy (non-hydrogen) atoms. The smallest absolute Gasteiger partial charge is 0.164 e. The summed E-state index contributed by atoms with van der Waals surface area (Å²) in [5.41, 5.74) is 32.2. The van der Waals surface area contributed by atoms with Crippen LogP contribution in [0.2, 0.25) is 0 Å². The number of fused-ring (bicyclic) bond motifs is 2. The Morgan fingerprint density at radius 1 is 0.315 bits per heavy atom. The van der Waals surface area contributed by atoms with Gasteiger partial charge in [0.25, 0.3) is 0 Å². The van der Waals surface area contributed by atoms with Crippen LogP contribution >= 0.6 is 0 Å². The number of carbonyl (C=O) groups excluding carboxylic acids is 2. The van der Waals surface area contributed by atoms with Crippen molar-refractivity contribution in [1.29, 1.82) is 0 Å². The van der Waals surface area contributed by atoms with Gasteiger partial charge in [0.2, 0.25) is 0 Å². The summed E-state index contributed by atoms with van der Waals surface area (Å²) in [6.07, 6.45) is 14.5. The van der Waals surface area contributed by atoms with Gasteiger partial charge >= 0.3 is 0 Å². The molecule has 11 aromatic carbocycles. The maximum Gasteiger partial charge on any atom is 0.164 e. The molecule has 2 N–H and O–H groups in total. The predicted molar refractivity (Wildman–Crippen MR) is 596 cm³/mol. The first-order valence-corrected chi connectivity index (χ1v) is 49.4. The van der Waals surface area contributed by atoms with Crippen LogP contribution in [0.1, 0.15) is 174 Å². The normalized spacial score (nSPS) is 11.0. The minimum Gasteiger partial charge on any atom is -0.512 e. The van der Waals surface area contributed by atoms with Gasteiger partial charge in [0.1, 0.15) is 5.76 Å². The van der Waals surface area contributed by atoms with E-state index in [-0.39, 0.29) is 109 Å². The zero-order chi connectivity index (χ0) is 102.